The van der Waals surface area contributed by atoms with Gasteiger partial charge in [-0.05, 0) is 46.9 Å². The number of fused-ring (bicyclic) bond motifs is 1. The maximum Gasteiger partial charge on any atom is 0.124 e. The fourth-order valence-corrected chi connectivity index (χ4v) is 3.80. The van der Waals surface area contributed by atoms with Crippen molar-refractivity contribution in [3.63, 3.8) is 0 Å². The van der Waals surface area contributed by atoms with Crippen molar-refractivity contribution in [2.75, 3.05) is 20.8 Å². The first-order valence-electron chi connectivity index (χ1n) is 8.94. The normalized spacial score (nSPS) is 16.0. The topological polar surface area (TPSA) is 30.5 Å². The van der Waals surface area contributed by atoms with E-state index in [-0.39, 0.29) is 6.04 Å². The molecule has 0 saturated carbocycles. The Bertz CT molecular complexity index is 902. The van der Waals surface area contributed by atoms with Crippen LogP contribution in [0.15, 0.2) is 66.7 Å². The molecule has 3 aromatic rings. The Hall–Kier alpha value is -2.78. The summed E-state index contributed by atoms with van der Waals surface area (Å²) in [6, 6.07) is 23.3. The summed E-state index contributed by atoms with van der Waals surface area (Å²) in [5, 5.41) is 3.69. The van der Waals surface area contributed by atoms with Crippen LogP contribution in [0.5, 0.6) is 11.5 Å². The number of hydrogen-bond donors (Lipinski definition) is 1. The molecule has 1 aliphatic heterocycles. The highest BCUT2D eigenvalue weighted by molar-refractivity contribution is 5.72. The van der Waals surface area contributed by atoms with Crippen molar-refractivity contribution in [3.05, 3.63) is 83.4 Å². The Kier molecular flexibility index (Phi) is 4.63. The largest absolute Gasteiger partial charge is 0.497 e. The second-order valence-corrected chi connectivity index (χ2v) is 6.49. The zero-order chi connectivity index (χ0) is 17.9. The lowest BCUT2D eigenvalue weighted by Gasteiger charge is -2.30. The number of rotatable bonds is 4. The molecule has 3 aromatic carbocycles. The lowest BCUT2D eigenvalue weighted by atomic mass is 9.85. The molecule has 1 aliphatic rings. The number of nitrogens with one attached hydrogen (secondary N) is 1. The van der Waals surface area contributed by atoms with E-state index in [1.54, 1.807) is 14.2 Å². The van der Waals surface area contributed by atoms with Crippen LogP contribution in [0.2, 0.25) is 0 Å². The molecular weight excluding hydrogens is 322 g/mol. The monoisotopic (exact) mass is 345 g/mol. The van der Waals surface area contributed by atoms with Gasteiger partial charge in [-0.3, -0.25) is 0 Å². The summed E-state index contributed by atoms with van der Waals surface area (Å²) in [7, 11) is 3.43. The van der Waals surface area contributed by atoms with Gasteiger partial charge in [0.15, 0.2) is 0 Å². The molecule has 3 nitrogen and oxygen atoms in total. The maximum atomic E-state index is 5.76. The highest BCUT2D eigenvalue weighted by Gasteiger charge is 2.26. The third-order valence-electron chi connectivity index (χ3n) is 5.08. The molecule has 1 heterocycles. The smallest absolute Gasteiger partial charge is 0.124 e. The van der Waals surface area contributed by atoms with Crippen molar-refractivity contribution in [2.24, 2.45) is 0 Å². The van der Waals surface area contributed by atoms with Crippen LogP contribution in [-0.4, -0.2) is 20.8 Å². The molecule has 3 heteroatoms. The van der Waals surface area contributed by atoms with Crippen LogP contribution < -0.4 is 14.8 Å². The van der Waals surface area contributed by atoms with Crippen LogP contribution in [0.25, 0.3) is 11.1 Å². The zero-order valence-electron chi connectivity index (χ0n) is 15.2. The first-order valence-corrected chi connectivity index (χ1v) is 8.94. The minimum atomic E-state index is 0.119. The molecule has 0 aliphatic carbocycles. The van der Waals surface area contributed by atoms with Gasteiger partial charge in [-0.15, -0.1) is 0 Å². The van der Waals surface area contributed by atoms with E-state index in [1.807, 2.05) is 18.2 Å². The molecule has 0 fully saturated rings. The first kappa shape index (κ1) is 16.7. The summed E-state index contributed by atoms with van der Waals surface area (Å²) in [6.45, 7) is 0.960. The van der Waals surface area contributed by atoms with Crippen LogP contribution in [-0.2, 0) is 6.42 Å². The van der Waals surface area contributed by atoms with E-state index in [2.05, 4.69) is 53.8 Å². The van der Waals surface area contributed by atoms with E-state index in [9.17, 15) is 0 Å². The van der Waals surface area contributed by atoms with Crippen molar-refractivity contribution in [1.29, 1.82) is 0 Å². The molecule has 0 saturated heterocycles. The number of methoxy groups -OCH3 is 2. The van der Waals surface area contributed by atoms with Crippen LogP contribution in [0.4, 0.5) is 0 Å². The number of benzene rings is 3. The van der Waals surface area contributed by atoms with E-state index in [1.165, 1.54) is 22.3 Å². The van der Waals surface area contributed by atoms with Crippen molar-refractivity contribution in [3.8, 4) is 22.6 Å². The third-order valence-corrected chi connectivity index (χ3v) is 5.08. The van der Waals surface area contributed by atoms with Gasteiger partial charge < -0.3 is 14.8 Å². The summed E-state index contributed by atoms with van der Waals surface area (Å²) in [4.78, 5) is 0. The van der Waals surface area contributed by atoms with Crippen LogP contribution in [0.1, 0.15) is 22.7 Å². The highest BCUT2D eigenvalue weighted by atomic mass is 16.5. The van der Waals surface area contributed by atoms with E-state index in [0.29, 0.717) is 0 Å². The summed E-state index contributed by atoms with van der Waals surface area (Å²) in [5.74, 6) is 1.77. The van der Waals surface area contributed by atoms with Gasteiger partial charge in [-0.25, -0.2) is 0 Å². The molecule has 4 rings (SSSR count). The Morgan fingerprint density at radius 1 is 0.846 bits per heavy atom. The summed E-state index contributed by atoms with van der Waals surface area (Å²) >= 11 is 0. The molecule has 1 atom stereocenters. The van der Waals surface area contributed by atoms with Crippen LogP contribution in [0, 0.1) is 0 Å². The third kappa shape index (κ3) is 2.95. The van der Waals surface area contributed by atoms with Crippen molar-refractivity contribution < 1.29 is 9.47 Å². The number of ether oxygens (including phenoxy) is 2. The van der Waals surface area contributed by atoms with Gasteiger partial charge in [-0.1, -0.05) is 48.5 Å². The second kappa shape index (κ2) is 7.22. The van der Waals surface area contributed by atoms with Gasteiger partial charge in [0.25, 0.3) is 0 Å². The molecule has 132 valence electrons. The van der Waals surface area contributed by atoms with Gasteiger partial charge >= 0.3 is 0 Å². The zero-order valence-corrected chi connectivity index (χ0v) is 15.2. The summed E-state index contributed by atoms with van der Waals surface area (Å²) < 4.78 is 11.1. The molecule has 0 amide bonds. The average Bonchev–Trinajstić information content (AvgIpc) is 2.73. The van der Waals surface area contributed by atoms with E-state index in [4.69, 9.17) is 9.47 Å². The standard InChI is InChI=1S/C23H23NO2/c1-25-18-12-10-17(11-13-18)19-8-5-9-21(26-2)22(19)23-20-7-4-3-6-16(20)14-15-24-23/h3-13,23-24H,14-15H2,1-2H3. The van der Waals surface area contributed by atoms with Gasteiger partial charge in [0, 0.05) is 12.1 Å². The lowest BCUT2D eigenvalue weighted by molar-refractivity contribution is 0.403. The Balaban J connectivity index is 1.88. The molecule has 0 spiro atoms. The molecular formula is C23H23NO2. The molecule has 0 radical (unpaired) electrons. The van der Waals surface area contributed by atoms with E-state index < -0.39 is 0 Å². The minimum absolute atomic E-state index is 0.119. The molecule has 1 unspecified atom stereocenters. The van der Waals surface area contributed by atoms with Crippen molar-refractivity contribution >= 4 is 0 Å². The van der Waals surface area contributed by atoms with Crippen molar-refractivity contribution in [2.45, 2.75) is 12.5 Å². The Morgan fingerprint density at radius 3 is 2.42 bits per heavy atom. The van der Waals surface area contributed by atoms with E-state index in [0.717, 1.165) is 30.0 Å². The molecule has 0 bridgehead atoms. The van der Waals surface area contributed by atoms with Gasteiger partial charge in [0.1, 0.15) is 11.5 Å². The predicted octanol–water partition coefficient (Wildman–Crippen LogP) is 4.61. The van der Waals surface area contributed by atoms with E-state index >= 15 is 0 Å². The highest BCUT2D eigenvalue weighted by Crippen LogP contribution is 2.40. The Labute approximate surface area is 154 Å². The quantitative estimate of drug-likeness (QED) is 0.749. The van der Waals surface area contributed by atoms with Gasteiger partial charge in [0.2, 0.25) is 0 Å². The fourth-order valence-electron chi connectivity index (χ4n) is 3.80. The van der Waals surface area contributed by atoms with Gasteiger partial charge in [0.05, 0.1) is 20.3 Å². The van der Waals surface area contributed by atoms with Crippen molar-refractivity contribution in [1.82, 2.24) is 5.32 Å². The Morgan fingerprint density at radius 2 is 1.65 bits per heavy atom. The lowest BCUT2D eigenvalue weighted by Crippen LogP contribution is -2.31. The first-order chi connectivity index (χ1) is 12.8. The van der Waals surface area contributed by atoms with Crippen LogP contribution in [0.3, 0.4) is 0 Å². The maximum absolute atomic E-state index is 5.76. The fraction of sp³-hybridized carbons (Fsp3) is 0.217. The summed E-state index contributed by atoms with van der Waals surface area (Å²) in [5.41, 5.74) is 6.26. The second-order valence-electron chi connectivity index (χ2n) is 6.49. The summed E-state index contributed by atoms with van der Waals surface area (Å²) in [6.07, 6.45) is 1.06. The number of hydrogen-bond acceptors (Lipinski definition) is 3. The molecule has 1 N–H and O–H groups in total. The minimum Gasteiger partial charge on any atom is -0.497 e. The molecule has 0 aromatic heterocycles. The van der Waals surface area contributed by atoms with Gasteiger partial charge in [-0.2, -0.15) is 0 Å². The average molecular weight is 345 g/mol. The predicted molar refractivity (Wildman–Crippen MR) is 105 cm³/mol. The molecule has 26 heavy (non-hydrogen) atoms. The SMILES string of the molecule is COc1ccc(-c2cccc(OC)c2C2NCCc3ccccc32)cc1. The van der Waals surface area contributed by atoms with Crippen LogP contribution >= 0.6 is 0 Å².